The number of carbonyl (C=O) groups is 2. The number of carboxylic acids is 1. The number of carboxylic acid groups (broad SMARTS) is 1. The maximum atomic E-state index is 11.4. The van der Waals surface area contributed by atoms with Crippen LogP contribution in [0.2, 0.25) is 0 Å². The molecule has 1 amide bonds. The first-order valence-electron chi connectivity index (χ1n) is 4.39. The Morgan fingerprint density at radius 2 is 2.21 bits per heavy atom. The van der Waals surface area contributed by atoms with Gasteiger partial charge in [0.05, 0.1) is 19.1 Å². The van der Waals surface area contributed by atoms with E-state index in [2.05, 4.69) is 5.32 Å². The summed E-state index contributed by atoms with van der Waals surface area (Å²) in [6.45, 7) is 2.01. The Kier molecular flexibility index (Phi) is 3.43. The number of aliphatic carboxylic acids is 1. The molecule has 6 heteroatoms. The monoisotopic (exact) mass is 202 g/mol. The smallest absolute Gasteiger partial charge is 0.325 e. The van der Waals surface area contributed by atoms with Crippen LogP contribution in [0.25, 0.3) is 0 Å². The van der Waals surface area contributed by atoms with Gasteiger partial charge in [0.1, 0.15) is 6.04 Å². The molecule has 0 radical (unpaired) electrons. The van der Waals surface area contributed by atoms with E-state index >= 15 is 0 Å². The molecule has 1 fully saturated rings. The van der Waals surface area contributed by atoms with Gasteiger partial charge in [-0.15, -0.1) is 0 Å². The molecule has 0 bridgehead atoms. The van der Waals surface area contributed by atoms with E-state index in [4.69, 9.17) is 15.6 Å². The topological polar surface area (TPSA) is 102 Å². The third kappa shape index (κ3) is 2.43. The SMILES string of the molecule is CC(NC(=O)C1COCC1N)C(=O)O. The molecule has 6 nitrogen and oxygen atoms in total. The summed E-state index contributed by atoms with van der Waals surface area (Å²) >= 11 is 0. The average Bonchev–Trinajstić information content (AvgIpc) is 2.51. The molecular weight excluding hydrogens is 188 g/mol. The quantitative estimate of drug-likeness (QED) is 0.519. The van der Waals surface area contributed by atoms with E-state index in [1.807, 2.05) is 0 Å². The summed E-state index contributed by atoms with van der Waals surface area (Å²) in [5.41, 5.74) is 5.60. The first-order chi connectivity index (χ1) is 6.52. The van der Waals surface area contributed by atoms with E-state index in [0.717, 1.165) is 0 Å². The van der Waals surface area contributed by atoms with Crippen molar-refractivity contribution in [2.75, 3.05) is 13.2 Å². The maximum Gasteiger partial charge on any atom is 0.325 e. The lowest BCUT2D eigenvalue weighted by atomic mass is 10.0. The highest BCUT2D eigenvalue weighted by atomic mass is 16.5. The maximum absolute atomic E-state index is 11.4. The Balaban J connectivity index is 2.45. The first kappa shape index (κ1) is 10.9. The van der Waals surface area contributed by atoms with E-state index in [-0.39, 0.29) is 18.6 Å². The Morgan fingerprint density at radius 1 is 1.57 bits per heavy atom. The molecule has 3 atom stereocenters. The zero-order valence-electron chi connectivity index (χ0n) is 7.90. The molecule has 1 heterocycles. The molecule has 0 aliphatic carbocycles. The molecule has 0 aromatic heterocycles. The highest BCUT2D eigenvalue weighted by Crippen LogP contribution is 2.11. The van der Waals surface area contributed by atoms with Crippen molar-refractivity contribution in [1.82, 2.24) is 5.32 Å². The summed E-state index contributed by atoms with van der Waals surface area (Å²) in [5.74, 6) is -1.85. The van der Waals surface area contributed by atoms with Gasteiger partial charge >= 0.3 is 5.97 Å². The number of nitrogens with one attached hydrogen (secondary N) is 1. The van der Waals surface area contributed by atoms with Crippen LogP contribution in [0.4, 0.5) is 0 Å². The fourth-order valence-corrected chi connectivity index (χ4v) is 1.22. The molecule has 0 spiro atoms. The summed E-state index contributed by atoms with van der Waals surface area (Å²) in [7, 11) is 0. The summed E-state index contributed by atoms with van der Waals surface area (Å²) in [4.78, 5) is 21.9. The van der Waals surface area contributed by atoms with Crippen LogP contribution in [0, 0.1) is 5.92 Å². The minimum Gasteiger partial charge on any atom is -0.480 e. The molecule has 1 saturated heterocycles. The van der Waals surface area contributed by atoms with E-state index < -0.39 is 17.9 Å². The second-order valence-corrected chi connectivity index (χ2v) is 3.38. The molecule has 1 aliphatic heterocycles. The van der Waals surface area contributed by atoms with Crippen LogP contribution in [0.1, 0.15) is 6.92 Å². The Labute approximate surface area is 81.4 Å². The normalized spacial score (nSPS) is 28.4. The van der Waals surface area contributed by atoms with Crippen molar-refractivity contribution in [3.8, 4) is 0 Å². The van der Waals surface area contributed by atoms with Crippen LogP contribution in [0.3, 0.4) is 0 Å². The van der Waals surface area contributed by atoms with Gasteiger partial charge in [-0.3, -0.25) is 9.59 Å². The van der Waals surface area contributed by atoms with Gasteiger partial charge < -0.3 is 20.9 Å². The van der Waals surface area contributed by atoms with Gasteiger partial charge in [0, 0.05) is 6.04 Å². The molecule has 3 unspecified atom stereocenters. The zero-order valence-corrected chi connectivity index (χ0v) is 7.90. The Bertz CT molecular complexity index is 243. The summed E-state index contributed by atoms with van der Waals surface area (Å²) in [6.07, 6.45) is 0. The van der Waals surface area contributed by atoms with E-state index in [0.29, 0.717) is 6.61 Å². The third-order valence-corrected chi connectivity index (χ3v) is 2.19. The van der Waals surface area contributed by atoms with Crippen LogP contribution in [0.15, 0.2) is 0 Å². The Morgan fingerprint density at radius 3 is 2.64 bits per heavy atom. The standard InChI is InChI=1S/C8H14N2O4/c1-4(8(12)13)10-7(11)5-2-14-3-6(5)9/h4-6H,2-3,9H2,1H3,(H,10,11)(H,12,13). The van der Waals surface area contributed by atoms with Crippen molar-refractivity contribution in [3.05, 3.63) is 0 Å². The van der Waals surface area contributed by atoms with Gasteiger partial charge in [-0.1, -0.05) is 0 Å². The molecule has 80 valence electrons. The lowest BCUT2D eigenvalue weighted by Gasteiger charge is -2.15. The lowest BCUT2D eigenvalue weighted by molar-refractivity contribution is -0.142. The molecule has 1 aliphatic rings. The molecule has 1 rings (SSSR count). The number of hydrogen-bond acceptors (Lipinski definition) is 4. The van der Waals surface area contributed by atoms with Crippen LogP contribution in [-0.2, 0) is 14.3 Å². The van der Waals surface area contributed by atoms with Crippen LogP contribution in [0.5, 0.6) is 0 Å². The highest BCUT2D eigenvalue weighted by molar-refractivity contribution is 5.85. The average molecular weight is 202 g/mol. The van der Waals surface area contributed by atoms with Crippen LogP contribution < -0.4 is 11.1 Å². The van der Waals surface area contributed by atoms with E-state index in [9.17, 15) is 9.59 Å². The van der Waals surface area contributed by atoms with E-state index in [1.165, 1.54) is 6.92 Å². The third-order valence-electron chi connectivity index (χ3n) is 2.19. The van der Waals surface area contributed by atoms with Gasteiger partial charge in [0.2, 0.25) is 5.91 Å². The number of ether oxygens (including phenoxy) is 1. The lowest BCUT2D eigenvalue weighted by Crippen LogP contribution is -2.46. The van der Waals surface area contributed by atoms with Crippen LogP contribution in [-0.4, -0.2) is 42.3 Å². The molecule has 4 N–H and O–H groups in total. The molecular formula is C8H14N2O4. The van der Waals surface area contributed by atoms with Crippen molar-refractivity contribution >= 4 is 11.9 Å². The zero-order chi connectivity index (χ0) is 10.7. The molecule has 0 saturated carbocycles. The highest BCUT2D eigenvalue weighted by Gasteiger charge is 2.32. The fourth-order valence-electron chi connectivity index (χ4n) is 1.22. The number of nitrogens with two attached hydrogens (primary N) is 1. The van der Waals surface area contributed by atoms with Gasteiger partial charge in [-0.25, -0.2) is 0 Å². The summed E-state index contributed by atoms with van der Waals surface area (Å²) < 4.78 is 5.00. The molecule has 14 heavy (non-hydrogen) atoms. The number of amides is 1. The summed E-state index contributed by atoms with van der Waals surface area (Å²) in [6, 6.07) is -1.23. The van der Waals surface area contributed by atoms with Crippen LogP contribution >= 0.6 is 0 Å². The Hall–Kier alpha value is -1.14. The second kappa shape index (κ2) is 4.39. The minimum absolute atomic E-state index is 0.263. The molecule has 0 aromatic carbocycles. The van der Waals surface area contributed by atoms with Crippen molar-refractivity contribution in [2.24, 2.45) is 11.7 Å². The fraction of sp³-hybridized carbons (Fsp3) is 0.750. The number of rotatable bonds is 3. The van der Waals surface area contributed by atoms with Crippen molar-refractivity contribution in [2.45, 2.75) is 19.0 Å². The van der Waals surface area contributed by atoms with Crippen molar-refractivity contribution in [1.29, 1.82) is 0 Å². The molecule has 0 aromatic rings. The second-order valence-electron chi connectivity index (χ2n) is 3.38. The minimum atomic E-state index is -1.06. The largest absolute Gasteiger partial charge is 0.480 e. The van der Waals surface area contributed by atoms with E-state index in [1.54, 1.807) is 0 Å². The van der Waals surface area contributed by atoms with Gasteiger partial charge in [0.15, 0.2) is 0 Å². The number of hydrogen-bond donors (Lipinski definition) is 3. The summed E-state index contributed by atoms with van der Waals surface area (Å²) in [5, 5.41) is 10.9. The predicted octanol–water partition coefficient (Wildman–Crippen LogP) is -1.45. The van der Waals surface area contributed by atoms with Crippen molar-refractivity contribution < 1.29 is 19.4 Å². The predicted molar refractivity (Wildman–Crippen MR) is 47.5 cm³/mol. The number of carbonyl (C=O) groups excluding carboxylic acids is 1. The van der Waals surface area contributed by atoms with Gasteiger partial charge in [-0.2, -0.15) is 0 Å². The van der Waals surface area contributed by atoms with Crippen molar-refractivity contribution in [3.63, 3.8) is 0 Å². The first-order valence-corrected chi connectivity index (χ1v) is 4.39. The van der Waals surface area contributed by atoms with Gasteiger partial charge in [0.25, 0.3) is 0 Å². The van der Waals surface area contributed by atoms with Gasteiger partial charge in [-0.05, 0) is 6.92 Å².